The summed E-state index contributed by atoms with van der Waals surface area (Å²) in [6.07, 6.45) is 1.47. The van der Waals surface area contributed by atoms with Gasteiger partial charge in [0.1, 0.15) is 12.4 Å². The van der Waals surface area contributed by atoms with Gasteiger partial charge in [0.2, 0.25) is 5.82 Å². The highest BCUT2D eigenvalue weighted by Crippen LogP contribution is 2.22. The number of nitrogens with zero attached hydrogens (tertiary/aromatic N) is 5. The zero-order valence-electron chi connectivity index (χ0n) is 16.8. The smallest absolute Gasteiger partial charge is 0.409 e. The molecule has 1 aliphatic rings. The highest BCUT2D eigenvalue weighted by atomic mass is 16.6. The number of carbonyl (C=O) groups is 1. The van der Waals surface area contributed by atoms with E-state index in [0.29, 0.717) is 44.5 Å². The highest BCUT2D eigenvalue weighted by molar-refractivity contribution is 5.68. The average Bonchev–Trinajstić information content (AvgIpc) is 3.15. The van der Waals surface area contributed by atoms with Crippen molar-refractivity contribution in [3.8, 4) is 11.4 Å². The van der Waals surface area contributed by atoms with E-state index in [0.717, 1.165) is 11.4 Å². The zero-order valence-corrected chi connectivity index (χ0v) is 16.8. The molecule has 1 saturated heterocycles. The Morgan fingerprint density at radius 3 is 2.68 bits per heavy atom. The molecule has 0 saturated carbocycles. The summed E-state index contributed by atoms with van der Waals surface area (Å²) in [7, 11) is 1.58. The Labute approximate surface area is 164 Å². The van der Waals surface area contributed by atoms with E-state index < -0.39 is 0 Å². The van der Waals surface area contributed by atoms with Gasteiger partial charge >= 0.3 is 6.09 Å². The lowest BCUT2D eigenvalue weighted by atomic mass is 9.99. The minimum atomic E-state index is -0.256. The average molecular weight is 389 g/mol. The Bertz CT molecular complexity index is 794. The van der Waals surface area contributed by atoms with Gasteiger partial charge in [-0.2, -0.15) is 4.98 Å². The van der Waals surface area contributed by atoms with E-state index in [-0.39, 0.29) is 18.1 Å². The van der Waals surface area contributed by atoms with Gasteiger partial charge in [0.25, 0.3) is 5.89 Å². The number of carbonyl (C=O) groups excluding carboxylic acids is 1. The SMILES string of the molecule is COCc1nc(-c2ccnc(N3CCN(C(=O)OCC(C)(C)C)CC3)c2)no1. The first-order valence-electron chi connectivity index (χ1n) is 9.30. The summed E-state index contributed by atoms with van der Waals surface area (Å²) in [4.78, 5) is 24.8. The van der Waals surface area contributed by atoms with Crippen LogP contribution in [0.4, 0.5) is 10.6 Å². The summed E-state index contributed by atoms with van der Waals surface area (Å²) in [6.45, 7) is 9.36. The molecule has 9 nitrogen and oxygen atoms in total. The molecule has 1 amide bonds. The molecule has 0 N–H and O–H groups in total. The second-order valence-electron chi connectivity index (χ2n) is 7.94. The third-order valence-electron chi connectivity index (χ3n) is 4.23. The fourth-order valence-electron chi connectivity index (χ4n) is 2.77. The molecule has 0 bridgehead atoms. The normalized spacial score (nSPS) is 15.0. The second kappa shape index (κ2) is 8.55. The van der Waals surface area contributed by atoms with Crippen LogP contribution in [0, 0.1) is 5.41 Å². The van der Waals surface area contributed by atoms with Crippen molar-refractivity contribution in [3.05, 3.63) is 24.2 Å². The lowest BCUT2D eigenvalue weighted by Crippen LogP contribution is -2.49. The molecule has 0 aliphatic carbocycles. The van der Waals surface area contributed by atoms with Crippen LogP contribution in [-0.2, 0) is 16.1 Å². The second-order valence-corrected chi connectivity index (χ2v) is 7.94. The van der Waals surface area contributed by atoms with E-state index in [9.17, 15) is 4.79 Å². The maximum Gasteiger partial charge on any atom is 0.409 e. The minimum absolute atomic E-state index is 0.0416. The molecule has 2 aromatic rings. The van der Waals surface area contributed by atoms with Crippen molar-refractivity contribution in [2.45, 2.75) is 27.4 Å². The predicted octanol–water partition coefficient (Wildman–Crippen LogP) is 2.58. The Morgan fingerprint density at radius 1 is 1.25 bits per heavy atom. The number of pyridine rings is 1. The summed E-state index contributed by atoms with van der Waals surface area (Å²) in [5.41, 5.74) is 0.781. The van der Waals surface area contributed by atoms with Gasteiger partial charge in [-0.05, 0) is 17.5 Å². The number of piperazine rings is 1. The van der Waals surface area contributed by atoms with E-state index >= 15 is 0 Å². The number of hydrogen-bond donors (Lipinski definition) is 0. The van der Waals surface area contributed by atoms with Crippen LogP contribution in [0.2, 0.25) is 0 Å². The van der Waals surface area contributed by atoms with Crippen molar-refractivity contribution >= 4 is 11.9 Å². The molecule has 0 atom stereocenters. The van der Waals surface area contributed by atoms with Crippen LogP contribution in [-0.4, -0.2) is 66.0 Å². The Hall–Kier alpha value is -2.68. The van der Waals surface area contributed by atoms with E-state index in [4.69, 9.17) is 14.0 Å². The number of amides is 1. The molecule has 0 unspecified atom stereocenters. The monoisotopic (exact) mass is 389 g/mol. The van der Waals surface area contributed by atoms with Crippen LogP contribution < -0.4 is 4.90 Å². The van der Waals surface area contributed by atoms with Crippen molar-refractivity contribution in [1.29, 1.82) is 0 Å². The van der Waals surface area contributed by atoms with Crippen LogP contribution in [0.5, 0.6) is 0 Å². The fraction of sp³-hybridized carbons (Fsp3) is 0.579. The van der Waals surface area contributed by atoms with Crippen molar-refractivity contribution in [2.75, 3.05) is 44.8 Å². The first-order chi connectivity index (χ1) is 13.4. The molecular formula is C19H27N5O4. The Morgan fingerprint density at radius 2 is 2.00 bits per heavy atom. The van der Waals surface area contributed by atoms with E-state index in [1.807, 2.05) is 32.9 Å². The minimum Gasteiger partial charge on any atom is -0.449 e. The van der Waals surface area contributed by atoms with Crippen molar-refractivity contribution in [3.63, 3.8) is 0 Å². The summed E-state index contributed by atoms with van der Waals surface area (Å²) in [6, 6.07) is 3.76. The van der Waals surface area contributed by atoms with Crippen LogP contribution in [0.15, 0.2) is 22.9 Å². The number of ether oxygens (including phenoxy) is 2. The van der Waals surface area contributed by atoms with E-state index in [1.165, 1.54) is 0 Å². The van der Waals surface area contributed by atoms with Gasteiger partial charge in [0.05, 0.1) is 6.61 Å². The lowest BCUT2D eigenvalue weighted by Gasteiger charge is -2.35. The van der Waals surface area contributed by atoms with Crippen LogP contribution >= 0.6 is 0 Å². The third-order valence-corrected chi connectivity index (χ3v) is 4.23. The molecule has 9 heteroatoms. The van der Waals surface area contributed by atoms with Crippen molar-refractivity contribution in [1.82, 2.24) is 20.0 Å². The van der Waals surface area contributed by atoms with E-state index in [1.54, 1.807) is 18.2 Å². The molecule has 3 rings (SSSR count). The molecule has 152 valence electrons. The Kier molecular flexibility index (Phi) is 6.13. The van der Waals surface area contributed by atoms with Gasteiger partial charge in [-0.15, -0.1) is 0 Å². The molecule has 1 aliphatic heterocycles. The quantitative estimate of drug-likeness (QED) is 0.770. The van der Waals surface area contributed by atoms with Gasteiger partial charge in [0.15, 0.2) is 0 Å². The van der Waals surface area contributed by atoms with Gasteiger partial charge in [0, 0.05) is 45.0 Å². The zero-order chi connectivity index (χ0) is 20.1. The maximum atomic E-state index is 12.2. The van der Waals surface area contributed by atoms with E-state index in [2.05, 4.69) is 20.0 Å². The van der Waals surface area contributed by atoms with Gasteiger partial charge < -0.3 is 23.8 Å². The molecule has 0 radical (unpaired) electrons. The number of hydrogen-bond acceptors (Lipinski definition) is 8. The van der Waals surface area contributed by atoms with Gasteiger partial charge in [-0.1, -0.05) is 25.9 Å². The van der Waals surface area contributed by atoms with Gasteiger partial charge in [-0.3, -0.25) is 0 Å². The number of anilines is 1. The third kappa shape index (κ3) is 5.19. The fourth-order valence-corrected chi connectivity index (χ4v) is 2.77. The first kappa shape index (κ1) is 20.1. The molecule has 2 aromatic heterocycles. The highest BCUT2D eigenvalue weighted by Gasteiger charge is 2.24. The summed E-state index contributed by atoms with van der Waals surface area (Å²) < 4.78 is 15.6. The lowest BCUT2D eigenvalue weighted by molar-refractivity contribution is 0.0707. The number of aromatic nitrogens is 3. The first-order valence-corrected chi connectivity index (χ1v) is 9.30. The molecule has 28 heavy (non-hydrogen) atoms. The molecular weight excluding hydrogens is 362 g/mol. The molecule has 0 aromatic carbocycles. The predicted molar refractivity (Wildman–Crippen MR) is 103 cm³/mol. The summed E-state index contributed by atoms with van der Waals surface area (Å²) in [5, 5.41) is 3.98. The summed E-state index contributed by atoms with van der Waals surface area (Å²) in [5.74, 6) is 1.75. The summed E-state index contributed by atoms with van der Waals surface area (Å²) >= 11 is 0. The largest absolute Gasteiger partial charge is 0.449 e. The molecule has 3 heterocycles. The maximum absolute atomic E-state index is 12.2. The topological polar surface area (TPSA) is 93.8 Å². The Balaban J connectivity index is 1.59. The molecule has 0 spiro atoms. The number of methoxy groups -OCH3 is 1. The van der Waals surface area contributed by atoms with Crippen LogP contribution in [0.25, 0.3) is 11.4 Å². The van der Waals surface area contributed by atoms with Crippen molar-refractivity contribution in [2.24, 2.45) is 5.41 Å². The standard InChI is InChI=1S/C19H27N5O4/c1-19(2,3)13-27-18(25)24-9-7-23(8-10-24)15-11-14(5-6-20-15)17-21-16(12-26-4)28-22-17/h5-6,11H,7-10,12-13H2,1-4H3. The van der Waals surface area contributed by atoms with Gasteiger partial charge in [-0.25, -0.2) is 9.78 Å². The van der Waals surface area contributed by atoms with Crippen molar-refractivity contribution < 1.29 is 18.8 Å². The molecule has 1 fully saturated rings. The van der Waals surface area contributed by atoms with Crippen LogP contribution in [0.1, 0.15) is 26.7 Å². The van der Waals surface area contributed by atoms with Crippen LogP contribution in [0.3, 0.4) is 0 Å². The number of rotatable bonds is 5.